The Labute approximate surface area is 99.8 Å². The van der Waals surface area contributed by atoms with E-state index in [2.05, 4.69) is 4.90 Å². The second kappa shape index (κ2) is 5.01. The highest BCUT2D eigenvalue weighted by Gasteiger charge is 2.38. The number of rotatable bonds is 5. The Hall–Kier alpha value is -1.14. The van der Waals surface area contributed by atoms with Gasteiger partial charge in [0.2, 0.25) is 0 Å². The fraction of sp³-hybridized carbons (Fsp3) is 0.818. The molecule has 3 aliphatic rings. The quantitative estimate of drug-likeness (QED) is 0.679. The van der Waals surface area contributed by atoms with Crippen LogP contribution in [0.15, 0.2) is 0 Å². The van der Waals surface area contributed by atoms with E-state index in [1.54, 1.807) is 4.90 Å². The predicted octanol–water partition coefficient (Wildman–Crippen LogP) is -0.448. The Morgan fingerprint density at radius 1 is 1.12 bits per heavy atom. The first-order chi connectivity index (χ1) is 8.06. The van der Waals surface area contributed by atoms with Crippen LogP contribution < -0.4 is 0 Å². The van der Waals surface area contributed by atoms with Gasteiger partial charge in [-0.05, 0) is 31.8 Å². The Morgan fingerprint density at radius 2 is 1.65 bits per heavy atom. The van der Waals surface area contributed by atoms with E-state index in [1.807, 2.05) is 0 Å². The Morgan fingerprint density at radius 3 is 2.00 bits per heavy atom. The summed E-state index contributed by atoms with van der Waals surface area (Å²) < 4.78 is 0. The minimum absolute atomic E-state index is 0.0877. The van der Waals surface area contributed by atoms with Crippen LogP contribution in [0.2, 0.25) is 0 Å². The van der Waals surface area contributed by atoms with Crippen molar-refractivity contribution in [3.05, 3.63) is 0 Å². The molecule has 0 radical (unpaired) electrons. The number of fused-ring (bicyclic) bond motifs is 3. The number of carboxylic acid groups (broad SMARTS) is 2. The SMILES string of the molecule is O=C(O)CN(CC(=O)O)C1CN2CCC1CC2. The highest BCUT2D eigenvalue weighted by atomic mass is 16.4. The summed E-state index contributed by atoms with van der Waals surface area (Å²) in [7, 11) is 0. The van der Waals surface area contributed by atoms with Crippen molar-refractivity contribution in [2.45, 2.75) is 18.9 Å². The summed E-state index contributed by atoms with van der Waals surface area (Å²) in [6.45, 7) is 2.58. The largest absolute Gasteiger partial charge is 0.480 e. The molecule has 0 saturated carbocycles. The van der Waals surface area contributed by atoms with Gasteiger partial charge in [-0.2, -0.15) is 0 Å². The third-order valence-corrected chi connectivity index (χ3v) is 3.77. The van der Waals surface area contributed by atoms with Gasteiger partial charge in [0.05, 0.1) is 13.1 Å². The molecule has 6 nitrogen and oxygen atoms in total. The maximum atomic E-state index is 10.8. The molecule has 1 unspecified atom stereocenters. The van der Waals surface area contributed by atoms with Crippen molar-refractivity contribution in [2.75, 3.05) is 32.7 Å². The van der Waals surface area contributed by atoms with Crippen LogP contribution in [0.3, 0.4) is 0 Å². The molecule has 3 heterocycles. The summed E-state index contributed by atoms with van der Waals surface area (Å²) in [6.07, 6.45) is 2.11. The van der Waals surface area contributed by atoms with E-state index in [4.69, 9.17) is 10.2 Å². The summed E-state index contributed by atoms with van der Waals surface area (Å²) in [5.41, 5.74) is 0. The maximum absolute atomic E-state index is 10.8. The van der Waals surface area contributed by atoms with Crippen LogP contribution in [0.25, 0.3) is 0 Å². The molecule has 0 aromatic rings. The van der Waals surface area contributed by atoms with Gasteiger partial charge >= 0.3 is 11.9 Å². The highest BCUT2D eigenvalue weighted by molar-refractivity contribution is 5.72. The summed E-state index contributed by atoms with van der Waals surface area (Å²) in [5.74, 6) is -1.45. The smallest absolute Gasteiger partial charge is 0.317 e. The second-order valence-electron chi connectivity index (χ2n) is 4.90. The zero-order chi connectivity index (χ0) is 12.4. The fourth-order valence-corrected chi connectivity index (χ4v) is 2.99. The number of carbonyl (C=O) groups is 2. The number of hydrogen-bond donors (Lipinski definition) is 2. The summed E-state index contributed by atoms with van der Waals surface area (Å²) in [4.78, 5) is 25.5. The van der Waals surface area contributed by atoms with Crippen molar-refractivity contribution >= 4 is 11.9 Å². The van der Waals surface area contributed by atoms with Gasteiger partial charge in [-0.25, -0.2) is 0 Å². The third-order valence-electron chi connectivity index (χ3n) is 3.77. The van der Waals surface area contributed by atoms with Crippen LogP contribution in [0.5, 0.6) is 0 Å². The van der Waals surface area contributed by atoms with Crippen molar-refractivity contribution in [3.63, 3.8) is 0 Å². The van der Waals surface area contributed by atoms with E-state index in [9.17, 15) is 9.59 Å². The van der Waals surface area contributed by atoms with Crippen molar-refractivity contribution in [1.29, 1.82) is 0 Å². The lowest BCUT2D eigenvalue weighted by Gasteiger charge is -2.48. The zero-order valence-corrected chi connectivity index (χ0v) is 9.71. The van der Waals surface area contributed by atoms with Gasteiger partial charge in [-0.3, -0.25) is 14.5 Å². The molecule has 0 aliphatic carbocycles. The normalized spacial score (nSPS) is 31.7. The van der Waals surface area contributed by atoms with E-state index < -0.39 is 11.9 Å². The number of nitrogens with zero attached hydrogens (tertiary/aromatic N) is 2. The average molecular weight is 242 g/mol. The van der Waals surface area contributed by atoms with Crippen LogP contribution in [-0.2, 0) is 9.59 Å². The van der Waals surface area contributed by atoms with Crippen LogP contribution in [0.4, 0.5) is 0 Å². The Balaban J connectivity index is 2.03. The van der Waals surface area contributed by atoms with E-state index >= 15 is 0 Å². The monoisotopic (exact) mass is 242 g/mol. The lowest BCUT2D eigenvalue weighted by atomic mass is 9.83. The zero-order valence-electron chi connectivity index (χ0n) is 9.71. The number of piperidine rings is 3. The molecule has 0 spiro atoms. The standard InChI is InChI=1S/C11H18N2O4/c14-10(15)6-13(7-11(16)17)9-5-12-3-1-8(9)2-4-12/h8-9H,1-7H2,(H,14,15)(H,16,17). The number of aliphatic carboxylic acids is 2. The van der Waals surface area contributed by atoms with Crippen LogP contribution >= 0.6 is 0 Å². The van der Waals surface area contributed by atoms with Gasteiger partial charge in [0.25, 0.3) is 0 Å². The average Bonchev–Trinajstić information content (AvgIpc) is 2.28. The Bertz CT molecular complexity index is 297. The minimum atomic E-state index is -0.956. The number of hydrogen-bond acceptors (Lipinski definition) is 4. The van der Waals surface area contributed by atoms with Gasteiger partial charge < -0.3 is 15.1 Å². The van der Waals surface area contributed by atoms with Gasteiger partial charge in [0.15, 0.2) is 0 Å². The maximum Gasteiger partial charge on any atom is 0.317 e. The van der Waals surface area contributed by atoms with Crippen LogP contribution in [-0.4, -0.2) is 70.7 Å². The topological polar surface area (TPSA) is 81.1 Å². The van der Waals surface area contributed by atoms with E-state index in [0.29, 0.717) is 5.92 Å². The molecule has 0 amide bonds. The summed E-state index contributed by atoms with van der Waals surface area (Å²) in [6, 6.07) is 0.0877. The molecular weight excluding hydrogens is 224 g/mol. The van der Waals surface area contributed by atoms with Gasteiger partial charge in [0.1, 0.15) is 0 Å². The first-order valence-corrected chi connectivity index (χ1v) is 5.96. The van der Waals surface area contributed by atoms with Gasteiger partial charge in [-0.1, -0.05) is 0 Å². The molecule has 3 aliphatic heterocycles. The van der Waals surface area contributed by atoms with Crippen LogP contribution in [0, 0.1) is 5.92 Å². The molecule has 2 bridgehead atoms. The number of carboxylic acids is 2. The fourth-order valence-electron chi connectivity index (χ4n) is 2.99. The second-order valence-corrected chi connectivity index (χ2v) is 4.90. The molecule has 96 valence electrons. The first kappa shape index (κ1) is 12.3. The first-order valence-electron chi connectivity index (χ1n) is 5.96. The lowest BCUT2D eigenvalue weighted by Crippen LogP contribution is -2.59. The Kier molecular flexibility index (Phi) is 3.63. The molecule has 3 saturated heterocycles. The van der Waals surface area contributed by atoms with Crippen molar-refractivity contribution in [2.24, 2.45) is 5.92 Å². The molecule has 3 fully saturated rings. The highest BCUT2D eigenvalue weighted by Crippen LogP contribution is 2.30. The van der Waals surface area contributed by atoms with E-state index in [-0.39, 0.29) is 19.1 Å². The van der Waals surface area contributed by atoms with Crippen LogP contribution in [0.1, 0.15) is 12.8 Å². The molecule has 0 aromatic carbocycles. The van der Waals surface area contributed by atoms with Gasteiger partial charge in [0, 0.05) is 12.6 Å². The molecule has 0 aromatic heterocycles. The summed E-state index contributed by atoms with van der Waals surface area (Å²) >= 11 is 0. The van der Waals surface area contributed by atoms with E-state index in [0.717, 1.165) is 32.5 Å². The molecular formula is C11H18N2O4. The minimum Gasteiger partial charge on any atom is -0.480 e. The van der Waals surface area contributed by atoms with Gasteiger partial charge in [-0.15, -0.1) is 0 Å². The van der Waals surface area contributed by atoms with Crippen molar-refractivity contribution < 1.29 is 19.8 Å². The summed E-state index contributed by atoms with van der Waals surface area (Å²) in [5, 5.41) is 17.7. The molecule has 17 heavy (non-hydrogen) atoms. The van der Waals surface area contributed by atoms with Crippen molar-refractivity contribution in [3.8, 4) is 0 Å². The van der Waals surface area contributed by atoms with E-state index in [1.165, 1.54) is 0 Å². The third kappa shape index (κ3) is 2.95. The predicted molar refractivity (Wildman–Crippen MR) is 59.8 cm³/mol. The van der Waals surface area contributed by atoms with Crippen molar-refractivity contribution in [1.82, 2.24) is 9.80 Å². The molecule has 6 heteroatoms. The molecule has 1 atom stereocenters. The lowest BCUT2D eigenvalue weighted by molar-refractivity contribution is -0.144. The molecule has 2 N–H and O–H groups in total. The molecule has 3 rings (SSSR count).